The Kier molecular flexibility index (Phi) is 7.69. The summed E-state index contributed by atoms with van der Waals surface area (Å²) in [4.78, 5) is 3.87. The van der Waals surface area contributed by atoms with Gasteiger partial charge in [0.25, 0.3) is 0 Å². The Hall–Kier alpha value is -2.11. The maximum absolute atomic E-state index is 5.25. The highest BCUT2D eigenvalue weighted by Gasteiger charge is 2.28. The Morgan fingerprint density at radius 1 is 0.464 bits per heavy atom. The molecule has 0 aliphatic carbocycles. The molecule has 0 heterocycles. The molecule has 3 nitrogen and oxygen atoms in total. The van der Waals surface area contributed by atoms with Gasteiger partial charge in [0.05, 0.1) is 30.7 Å². The van der Waals surface area contributed by atoms with Crippen LogP contribution in [-0.2, 0) is 44.9 Å². The van der Waals surface area contributed by atoms with Gasteiger partial charge in [0.2, 0.25) is 0 Å². The average molecular weight is 396 g/mol. The zero-order valence-electron chi connectivity index (χ0n) is 16.7. The molecule has 3 rings (SSSR count). The van der Waals surface area contributed by atoms with Crippen molar-refractivity contribution in [2.45, 2.75) is 34.5 Å². The second-order valence-electron chi connectivity index (χ2n) is 6.54. The van der Waals surface area contributed by atoms with Gasteiger partial charge in [-0.15, -0.1) is 0 Å². The number of hydrogen-bond acceptors (Lipinski definition) is 3. The van der Waals surface area contributed by atoms with Crippen molar-refractivity contribution >= 4 is 10.9 Å². The van der Waals surface area contributed by atoms with Gasteiger partial charge in [0.15, 0.2) is 14.7 Å². The minimum absolute atomic E-state index is 0.174. The molecule has 0 bridgehead atoms. The molecular formula is C24H27O3S+. The van der Waals surface area contributed by atoms with Crippen molar-refractivity contribution < 1.29 is 14.2 Å². The van der Waals surface area contributed by atoms with E-state index in [-0.39, 0.29) is 10.9 Å². The smallest absolute Gasteiger partial charge is 0.166 e. The Bertz CT molecular complexity index is 725. The van der Waals surface area contributed by atoms with Gasteiger partial charge in [-0.05, 0) is 53.1 Å². The van der Waals surface area contributed by atoms with Gasteiger partial charge in [0, 0.05) is 21.3 Å². The summed E-state index contributed by atoms with van der Waals surface area (Å²) in [6.45, 7) is 1.89. The molecule has 0 saturated carbocycles. The largest absolute Gasteiger partial charge is 0.380 e. The van der Waals surface area contributed by atoms with E-state index in [0.717, 1.165) is 0 Å². The number of benzene rings is 3. The predicted octanol–water partition coefficient (Wildman–Crippen LogP) is 5.22. The van der Waals surface area contributed by atoms with Gasteiger partial charge in [-0.2, -0.15) is 0 Å². The molecule has 0 unspecified atom stereocenters. The van der Waals surface area contributed by atoms with Crippen LogP contribution in [0, 0.1) is 0 Å². The molecule has 0 radical (unpaired) electrons. The third-order valence-electron chi connectivity index (χ3n) is 4.41. The van der Waals surface area contributed by atoms with E-state index in [1.165, 1.54) is 31.4 Å². The third kappa shape index (κ3) is 5.24. The summed E-state index contributed by atoms with van der Waals surface area (Å²) in [6, 6.07) is 26.2. The highest BCUT2D eigenvalue weighted by molar-refractivity contribution is 7.97. The van der Waals surface area contributed by atoms with Crippen LogP contribution in [0.15, 0.2) is 87.5 Å². The third-order valence-corrected chi connectivity index (χ3v) is 6.64. The van der Waals surface area contributed by atoms with E-state index in [1.807, 2.05) is 0 Å². The van der Waals surface area contributed by atoms with E-state index >= 15 is 0 Å². The molecule has 4 heteroatoms. The highest BCUT2D eigenvalue weighted by Crippen LogP contribution is 2.32. The fourth-order valence-corrected chi connectivity index (χ4v) is 5.11. The molecule has 0 fully saturated rings. The zero-order valence-corrected chi connectivity index (χ0v) is 17.5. The summed E-state index contributed by atoms with van der Waals surface area (Å²) in [5, 5.41) is 0. The SMILES string of the molecule is COCc1ccc([S+](c2ccc(COC)cc2)c2ccc(COC)cc2)cc1. The van der Waals surface area contributed by atoms with Crippen molar-refractivity contribution in [2.24, 2.45) is 0 Å². The van der Waals surface area contributed by atoms with Gasteiger partial charge < -0.3 is 14.2 Å². The van der Waals surface area contributed by atoms with Crippen molar-refractivity contribution in [3.63, 3.8) is 0 Å². The molecule has 0 atom stereocenters. The van der Waals surface area contributed by atoms with Crippen LogP contribution in [-0.4, -0.2) is 21.3 Å². The van der Waals surface area contributed by atoms with Gasteiger partial charge in [-0.1, -0.05) is 36.4 Å². The van der Waals surface area contributed by atoms with E-state index in [9.17, 15) is 0 Å². The maximum atomic E-state index is 5.25. The quantitative estimate of drug-likeness (QED) is 0.465. The molecule has 0 aromatic heterocycles. The van der Waals surface area contributed by atoms with Crippen LogP contribution in [0.5, 0.6) is 0 Å². The maximum Gasteiger partial charge on any atom is 0.166 e. The Balaban J connectivity index is 1.97. The number of ether oxygens (including phenoxy) is 3. The zero-order chi connectivity index (χ0) is 19.8. The lowest BCUT2D eigenvalue weighted by atomic mass is 10.2. The first-order valence-corrected chi connectivity index (χ1v) is 10.5. The summed E-state index contributed by atoms with van der Waals surface area (Å²) in [6.07, 6.45) is 0. The van der Waals surface area contributed by atoms with Crippen LogP contribution in [0.3, 0.4) is 0 Å². The van der Waals surface area contributed by atoms with Crippen LogP contribution < -0.4 is 0 Å². The van der Waals surface area contributed by atoms with Crippen molar-refractivity contribution in [3.8, 4) is 0 Å². The molecule has 0 aliphatic rings. The normalized spacial score (nSPS) is 11.1. The Labute approximate surface area is 170 Å². The van der Waals surface area contributed by atoms with Crippen molar-refractivity contribution in [1.82, 2.24) is 0 Å². The summed E-state index contributed by atoms with van der Waals surface area (Å²) >= 11 is 0. The van der Waals surface area contributed by atoms with Gasteiger partial charge >= 0.3 is 0 Å². The highest BCUT2D eigenvalue weighted by atomic mass is 32.2. The van der Waals surface area contributed by atoms with Crippen LogP contribution in [0.2, 0.25) is 0 Å². The summed E-state index contributed by atoms with van der Waals surface area (Å²) < 4.78 is 15.7. The summed E-state index contributed by atoms with van der Waals surface area (Å²) in [5.41, 5.74) is 3.54. The van der Waals surface area contributed by atoms with E-state index in [2.05, 4.69) is 72.8 Å². The Morgan fingerprint density at radius 2 is 0.714 bits per heavy atom. The second kappa shape index (κ2) is 10.4. The van der Waals surface area contributed by atoms with Gasteiger partial charge in [-0.25, -0.2) is 0 Å². The van der Waals surface area contributed by atoms with Crippen molar-refractivity contribution in [3.05, 3.63) is 89.5 Å². The molecule has 0 aliphatic heterocycles. The first-order valence-electron chi connectivity index (χ1n) is 9.23. The molecule has 28 heavy (non-hydrogen) atoms. The van der Waals surface area contributed by atoms with Crippen LogP contribution in [0.25, 0.3) is 0 Å². The van der Waals surface area contributed by atoms with Crippen LogP contribution >= 0.6 is 0 Å². The summed E-state index contributed by atoms with van der Waals surface area (Å²) in [5.74, 6) is 0. The molecular weight excluding hydrogens is 368 g/mol. The lowest BCUT2D eigenvalue weighted by molar-refractivity contribution is 0.185. The first-order chi connectivity index (χ1) is 13.7. The van der Waals surface area contributed by atoms with Crippen LogP contribution in [0.4, 0.5) is 0 Å². The topological polar surface area (TPSA) is 27.7 Å². The molecule has 0 saturated heterocycles. The van der Waals surface area contributed by atoms with Crippen molar-refractivity contribution in [1.29, 1.82) is 0 Å². The lowest BCUT2D eigenvalue weighted by Gasteiger charge is -2.10. The summed E-state index contributed by atoms with van der Waals surface area (Å²) in [7, 11) is 5.00. The molecule has 0 spiro atoms. The second-order valence-corrected chi connectivity index (χ2v) is 8.56. The minimum atomic E-state index is -0.174. The molecule has 3 aromatic rings. The number of hydrogen-bond donors (Lipinski definition) is 0. The lowest BCUT2D eigenvalue weighted by Crippen LogP contribution is -2.06. The molecule has 0 amide bonds. The van der Waals surface area contributed by atoms with E-state index < -0.39 is 0 Å². The minimum Gasteiger partial charge on any atom is -0.380 e. The molecule has 0 N–H and O–H groups in total. The average Bonchev–Trinajstić information content (AvgIpc) is 2.73. The van der Waals surface area contributed by atoms with Crippen molar-refractivity contribution in [2.75, 3.05) is 21.3 Å². The first kappa shape index (κ1) is 20.6. The standard InChI is InChI=1S/C24H27O3S/c1-25-16-19-4-10-22(11-5-19)28(23-12-6-20(7-13-23)17-26-2)24-14-8-21(9-15-24)18-27-3/h4-15H,16-18H2,1-3H3/q+1. The van der Waals surface area contributed by atoms with E-state index in [1.54, 1.807) is 21.3 Å². The number of methoxy groups -OCH3 is 3. The molecule has 146 valence electrons. The van der Waals surface area contributed by atoms with Gasteiger partial charge in [-0.3, -0.25) is 0 Å². The predicted molar refractivity (Wildman–Crippen MR) is 114 cm³/mol. The van der Waals surface area contributed by atoms with Crippen LogP contribution in [0.1, 0.15) is 16.7 Å². The van der Waals surface area contributed by atoms with Gasteiger partial charge in [0.1, 0.15) is 0 Å². The fraction of sp³-hybridized carbons (Fsp3) is 0.250. The fourth-order valence-electron chi connectivity index (χ4n) is 3.07. The Morgan fingerprint density at radius 3 is 0.929 bits per heavy atom. The number of rotatable bonds is 9. The molecule has 3 aromatic carbocycles. The van der Waals surface area contributed by atoms with E-state index in [4.69, 9.17) is 14.2 Å². The van der Waals surface area contributed by atoms with E-state index in [0.29, 0.717) is 19.8 Å². The monoisotopic (exact) mass is 395 g/mol.